The standard InChI is InChI=1S/C25H33NO4.C20H23NO3/c1-6-28-21-13-9-20(10-14-21)26-16-23(17-26)29-22-11-7-19(8-12-22)18(2)15-24(27)30-25(3,4)5;1-15(11-20(22)23-14-16-5-3-2-4-6-16)17-7-9-18(10-8-17)24-19-12-21-13-19/h7-14,18,23H,6,15-17H2,1-5H3;2-10,15,19,21H,11-14H2,1H3/t18-;15-/m11/s1. The Bertz CT molecular complexity index is 1730. The number of hydrogen-bond donors (Lipinski definition) is 1. The summed E-state index contributed by atoms with van der Waals surface area (Å²) in [4.78, 5) is 26.3. The van der Waals surface area contributed by atoms with Crippen molar-refractivity contribution in [2.75, 3.05) is 37.7 Å². The lowest BCUT2D eigenvalue weighted by molar-refractivity contribution is -0.155. The molecule has 9 heteroatoms. The molecule has 0 radical (unpaired) electrons. The van der Waals surface area contributed by atoms with Gasteiger partial charge in [-0.1, -0.05) is 68.4 Å². The average Bonchev–Trinajstić information content (AvgIpc) is 3.11. The molecule has 2 aliphatic rings. The molecule has 288 valence electrons. The van der Waals surface area contributed by atoms with Crippen LogP contribution in [0.2, 0.25) is 0 Å². The molecule has 1 N–H and O–H groups in total. The Kier molecular flexibility index (Phi) is 14.4. The van der Waals surface area contributed by atoms with E-state index in [1.54, 1.807) is 0 Å². The van der Waals surface area contributed by atoms with Gasteiger partial charge in [-0.3, -0.25) is 9.59 Å². The first-order valence-electron chi connectivity index (χ1n) is 19.1. The van der Waals surface area contributed by atoms with Gasteiger partial charge in [0, 0.05) is 18.8 Å². The smallest absolute Gasteiger partial charge is 0.306 e. The molecule has 0 aliphatic carbocycles. The molecule has 0 aromatic heterocycles. The van der Waals surface area contributed by atoms with E-state index in [9.17, 15) is 9.59 Å². The summed E-state index contributed by atoms with van der Waals surface area (Å²) in [6, 6.07) is 33.9. The molecule has 2 saturated heterocycles. The monoisotopic (exact) mass is 736 g/mol. The second-order valence-electron chi connectivity index (χ2n) is 15.1. The predicted octanol–water partition coefficient (Wildman–Crippen LogP) is 8.46. The Labute approximate surface area is 320 Å². The Morgan fingerprint density at radius 3 is 1.72 bits per heavy atom. The van der Waals surface area contributed by atoms with E-state index < -0.39 is 5.60 Å². The molecule has 0 spiro atoms. The van der Waals surface area contributed by atoms with Crippen molar-refractivity contribution in [1.29, 1.82) is 0 Å². The highest BCUT2D eigenvalue weighted by atomic mass is 16.6. The molecule has 54 heavy (non-hydrogen) atoms. The van der Waals surface area contributed by atoms with E-state index in [0.29, 0.717) is 26.1 Å². The van der Waals surface area contributed by atoms with Gasteiger partial charge in [0.25, 0.3) is 0 Å². The number of hydrogen-bond acceptors (Lipinski definition) is 9. The SMILES string of the molecule is CCOc1ccc(N2CC(Oc3ccc([C@H](C)CC(=O)OC(C)(C)C)cc3)C2)cc1.C[C@H](CC(=O)OCc1ccccc1)c1ccc(OC2CNC2)cc1. The lowest BCUT2D eigenvalue weighted by Crippen LogP contribution is -2.54. The van der Waals surface area contributed by atoms with E-state index in [0.717, 1.165) is 60.1 Å². The maximum absolute atomic E-state index is 12.0. The molecular formula is C45H56N2O7. The van der Waals surface area contributed by atoms with Crippen LogP contribution in [0.15, 0.2) is 103 Å². The minimum atomic E-state index is -0.448. The highest BCUT2D eigenvalue weighted by molar-refractivity contribution is 5.71. The van der Waals surface area contributed by atoms with Crippen LogP contribution in [-0.2, 0) is 25.7 Å². The molecule has 0 bridgehead atoms. The van der Waals surface area contributed by atoms with Gasteiger partial charge in [0.2, 0.25) is 0 Å². The van der Waals surface area contributed by atoms with Crippen molar-refractivity contribution >= 4 is 17.6 Å². The number of nitrogens with one attached hydrogen (secondary N) is 1. The van der Waals surface area contributed by atoms with Crippen LogP contribution in [0.3, 0.4) is 0 Å². The summed E-state index contributed by atoms with van der Waals surface area (Å²) in [6.45, 7) is 16.3. The fourth-order valence-corrected chi connectivity index (χ4v) is 6.04. The third kappa shape index (κ3) is 12.8. The predicted molar refractivity (Wildman–Crippen MR) is 213 cm³/mol. The maximum Gasteiger partial charge on any atom is 0.306 e. The van der Waals surface area contributed by atoms with Crippen molar-refractivity contribution < 1.29 is 33.3 Å². The quantitative estimate of drug-likeness (QED) is 0.121. The highest BCUT2D eigenvalue weighted by Gasteiger charge is 2.29. The molecule has 0 saturated carbocycles. The lowest BCUT2D eigenvalue weighted by atomic mass is 9.97. The van der Waals surface area contributed by atoms with Gasteiger partial charge in [0.1, 0.15) is 41.7 Å². The number of anilines is 1. The van der Waals surface area contributed by atoms with Gasteiger partial charge < -0.3 is 33.9 Å². The van der Waals surface area contributed by atoms with Crippen LogP contribution < -0.4 is 24.4 Å². The Morgan fingerprint density at radius 2 is 1.22 bits per heavy atom. The first kappa shape index (κ1) is 40.2. The molecule has 9 nitrogen and oxygen atoms in total. The van der Waals surface area contributed by atoms with Gasteiger partial charge in [-0.2, -0.15) is 0 Å². The summed E-state index contributed by atoms with van der Waals surface area (Å²) in [7, 11) is 0. The third-order valence-electron chi connectivity index (χ3n) is 9.22. The van der Waals surface area contributed by atoms with E-state index in [-0.39, 0.29) is 36.0 Å². The second-order valence-corrected chi connectivity index (χ2v) is 15.1. The largest absolute Gasteiger partial charge is 0.494 e. The highest BCUT2D eigenvalue weighted by Crippen LogP contribution is 2.28. The normalized spacial score (nSPS) is 15.3. The van der Waals surface area contributed by atoms with Crippen molar-refractivity contribution in [3.63, 3.8) is 0 Å². The van der Waals surface area contributed by atoms with Crippen molar-refractivity contribution in [3.05, 3.63) is 120 Å². The van der Waals surface area contributed by atoms with Crippen LogP contribution in [-0.4, -0.2) is 62.5 Å². The molecule has 0 unspecified atom stereocenters. The zero-order valence-electron chi connectivity index (χ0n) is 32.6. The summed E-state index contributed by atoms with van der Waals surface area (Å²) in [5.74, 6) is 2.52. The van der Waals surface area contributed by atoms with Gasteiger partial charge in [0.05, 0.1) is 32.5 Å². The second kappa shape index (κ2) is 19.3. The van der Waals surface area contributed by atoms with E-state index in [4.69, 9.17) is 23.7 Å². The van der Waals surface area contributed by atoms with Crippen LogP contribution in [0, 0.1) is 0 Å². The number of benzene rings is 4. The molecule has 6 rings (SSSR count). The summed E-state index contributed by atoms with van der Waals surface area (Å²) >= 11 is 0. The van der Waals surface area contributed by atoms with Gasteiger partial charge in [0.15, 0.2) is 0 Å². The van der Waals surface area contributed by atoms with Crippen LogP contribution in [0.5, 0.6) is 17.2 Å². The number of esters is 2. The van der Waals surface area contributed by atoms with Crippen molar-refractivity contribution in [2.24, 2.45) is 0 Å². The third-order valence-corrected chi connectivity index (χ3v) is 9.22. The number of rotatable bonds is 15. The van der Waals surface area contributed by atoms with Crippen LogP contribution >= 0.6 is 0 Å². The van der Waals surface area contributed by atoms with Gasteiger partial charge >= 0.3 is 11.9 Å². The molecule has 2 fully saturated rings. The van der Waals surface area contributed by atoms with Gasteiger partial charge in [-0.15, -0.1) is 0 Å². The van der Waals surface area contributed by atoms with Crippen LogP contribution in [0.1, 0.15) is 82.9 Å². The van der Waals surface area contributed by atoms with Crippen LogP contribution in [0.4, 0.5) is 5.69 Å². The summed E-state index contributed by atoms with van der Waals surface area (Å²) in [6.07, 6.45) is 1.21. The minimum absolute atomic E-state index is 0.104. The van der Waals surface area contributed by atoms with E-state index in [1.165, 1.54) is 5.69 Å². The van der Waals surface area contributed by atoms with Crippen LogP contribution in [0.25, 0.3) is 0 Å². The first-order valence-corrected chi connectivity index (χ1v) is 19.1. The molecule has 0 amide bonds. The Balaban J connectivity index is 0.000000213. The van der Waals surface area contributed by atoms with E-state index in [1.807, 2.05) is 133 Å². The molecule has 2 heterocycles. The Morgan fingerprint density at radius 1 is 0.704 bits per heavy atom. The summed E-state index contributed by atoms with van der Waals surface area (Å²) < 4.78 is 28.1. The molecule has 2 aliphatic heterocycles. The van der Waals surface area contributed by atoms with Crippen molar-refractivity contribution in [2.45, 2.75) is 90.6 Å². The summed E-state index contributed by atoms with van der Waals surface area (Å²) in [5.41, 5.74) is 3.97. The van der Waals surface area contributed by atoms with Gasteiger partial charge in [-0.25, -0.2) is 0 Å². The molecule has 2 atom stereocenters. The van der Waals surface area contributed by atoms with Crippen molar-refractivity contribution in [3.8, 4) is 17.2 Å². The first-order chi connectivity index (χ1) is 25.9. The molecule has 4 aromatic carbocycles. The lowest BCUT2D eigenvalue weighted by Gasteiger charge is -2.40. The van der Waals surface area contributed by atoms with Gasteiger partial charge in [-0.05, 0) is 105 Å². The van der Waals surface area contributed by atoms with E-state index in [2.05, 4.69) is 22.3 Å². The number of ether oxygens (including phenoxy) is 5. The Hall–Kier alpha value is -5.02. The number of carbonyl (C=O) groups is 2. The zero-order valence-corrected chi connectivity index (χ0v) is 32.6. The summed E-state index contributed by atoms with van der Waals surface area (Å²) in [5, 5.41) is 3.18. The topological polar surface area (TPSA) is 95.6 Å². The van der Waals surface area contributed by atoms with Crippen molar-refractivity contribution in [1.82, 2.24) is 5.32 Å². The average molecular weight is 737 g/mol. The number of nitrogens with zero attached hydrogens (tertiary/aromatic N) is 1. The fourth-order valence-electron chi connectivity index (χ4n) is 6.04. The van der Waals surface area contributed by atoms with E-state index >= 15 is 0 Å². The number of carbonyl (C=O) groups excluding carboxylic acids is 2. The zero-order chi connectivity index (χ0) is 38.5. The molecule has 4 aromatic rings. The minimum Gasteiger partial charge on any atom is -0.494 e. The molecular weight excluding hydrogens is 681 g/mol. The fraction of sp³-hybridized carbons (Fsp3) is 0.422. The maximum atomic E-state index is 12.0.